The molecule has 0 spiro atoms. The molecule has 0 aliphatic heterocycles. The highest BCUT2D eigenvalue weighted by molar-refractivity contribution is 6.29. The number of hydrogen-bond acceptors (Lipinski definition) is 3. The molecule has 1 aromatic heterocycles. The smallest absolute Gasteiger partial charge is 0.129 e. The topological polar surface area (TPSA) is 45.9 Å². The van der Waals surface area contributed by atoms with E-state index in [1.165, 1.54) is 6.42 Å². The second kappa shape index (κ2) is 5.75. The minimum atomic E-state index is 0.438. The molecule has 4 heteroatoms. The number of aromatic nitrogens is 1. The lowest BCUT2D eigenvalue weighted by Gasteiger charge is -2.28. The third-order valence-electron chi connectivity index (χ3n) is 4.06. The molecule has 0 bridgehead atoms. The molecule has 106 valence electrons. The van der Waals surface area contributed by atoms with Gasteiger partial charge in [-0.15, -0.1) is 0 Å². The van der Waals surface area contributed by atoms with Crippen LogP contribution in [0.4, 0.5) is 0 Å². The second-order valence-electron chi connectivity index (χ2n) is 5.25. The van der Waals surface area contributed by atoms with Crippen molar-refractivity contribution < 1.29 is 4.74 Å². The monoisotopic (exact) mass is 298 g/mol. The van der Waals surface area contributed by atoms with E-state index in [9.17, 15) is 5.26 Å². The van der Waals surface area contributed by atoms with Gasteiger partial charge in [-0.05, 0) is 54.2 Å². The van der Waals surface area contributed by atoms with E-state index in [1.54, 1.807) is 19.4 Å². The molecule has 0 unspecified atom stereocenters. The summed E-state index contributed by atoms with van der Waals surface area (Å²) < 4.78 is 5.54. The fraction of sp³-hybridized carbons (Fsp3) is 0.294. The van der Waals surface area contributed by atoms with Gasteiger partial charge in [0.25, 0.3) is 0 Å². The number of rotatable bonds is 3. The first-order chi connectivity index (χ1) is 10.2. The minimum Gasteiger partial charge on any atom is -0.496 e. The predicted octanol–water partition coefficient (Wildman–Crippen LogP) is 4.55. The molecule has 0 saturated heterocycles. The maximum Gasteiger partial charge on any atom is 0.129 e. The minimum absolute atomic E-state index is 0.438. The molecule has 3 rings (SSSR count). The van der Waals surface area contributed by atoms with Crippen LogP contribution in [0.3, 0.4) is 0 Å². The molecule has 1 heterocycles. The third-order valence-corrected chi connectivity index (χ3v) is 4.26. The Labute approximate surface area is 129 Å². The lowest BCUT2D eigenvalue weighted by molar-refractivity contribution is 0.373. The van der Waals surface area contributed by atoms with Crippen molar-refractivity contribution >= 4 is 11.6 Å². The van der Waals surface area contributed by atoms with Crippen LogP contribution < -0.4 is 4.74 Å². The fourth-order valence-corrected chi connectivity index (χ4v) is 2.93. The predicted molar refractivity (Wildman–Crippen MR) is 82.5 cm³/mol. The molecular formula is C17H15ClN2O. The Morgan fingerprint density at radius 3 is 2.67 bits per heavy atom. The molecule has 2 aromatic rings. The van der Waals surface area contributed by atoms with Crippen LogP contribution in [0, 0.1) is 11.3 Å². The molecule has 0 N–H and O–H groups in total. The first-order valence-corrected chi connectivity index (χ1v) is 7.34. The van der Waals surface area contributed by atoms with Crippen LogP contribution in [0.15, 0.2) is 30.5 Å². The normalized spacial score (nSPS) is 14.3. The van der Waals surface area contributed by atoms with Crippen molar-refractivity contribution in [2.24, 2.45) is 0 Å². The Kier molecular flexibility index (Phi) is 3.81. The van der Waals surface area contributed by atoms with Gasteiger partial charge in [0.05, 0.1) is 18.7 Å². The van der Waals surface area contributed by atoms with Gasteiger partial charge < -0.3 is 4.74 Å². The van der Waals surface area contributed by atoms with Crippen molar-refractivity contribution in [3.05, 3.63) is 46.7 Å². The van der Waals surface area contributed by atoms with E-state index in [2.05, 4.69) is 11.1 Å². The Morgan fingerprint density at radius 1 is 1.29 bits per heavy atom. The average molecular weight is 299 g/mol. The lowest BCUT2D eigenvalue weighted by atomic mass is 9.77. The molecule has 1 fully saturated rings. The van der Waals surface area contributed by atoms with Gasteiger partial charge in [0.15, 0.2) is 0 Å². The molecule has 1 aliphatic carbocycles. The summed E-state index contributed by atoms with van der Waals surface area (Å²) >= 11 is 5.95. The van der Waals surface area contributed by atoms with Crippen LogP contribution in [0.2, 0.25) is 5.15 Å². The molecule has 1 aliphatic rings. The summed E-state index contributed by atoms with van der Waals surface area (Å²) in [6, 6.07) is 9.89. The van der Waals surface area contributed by atoms with Crippen molar-refractivity contribution in [2.45, 2.75) is 25.2 Å². The maximum atomic E-state index is 9.49. The number of nitriles is 1. The fourth-order valence-electron chi connectivity index (χ4n) is 2.75. The highest BCUT2D eigenvalue weighted by atomic mass is 35.5. The zero-order valence-electron chi connectivity index (χ0n) is 11.8. The van der Waals surface area contributed by atoms with Crippen LogP contribution in [-0.2, 0) is 0 Å². The van der Waals surface area contributed by atoms with Crippen LogP contribution >= 0.6 is 11.6 Å². The van der Waals surface area contributed by atoms with Crippen LogP contribution in [0.25, 0.3) is 11.1 Å². The van der Waals surface area contributed by atoms with E-state index in [-0.39, 0.29) is 0 Å². The molecule has 1 aromatic carbocycles. The number of halogens is 1. The van der Waals surface area contributed by atoms with Crippen molar-refractivity contribution in [3.8, 4) is 22.9 Å². The summed E-state index contributed by atoms with van der Waals surface area (Å²) in [5, 5.41) is 9.93. The van der Waals surface area contributed by atoms with Crippen LogP contribution in [0.5, 0.6) is 5.75 Å². The van der Waals surface area contributed by atoms with Gasteiger partial charge in [0, 0.05) is 11.8 Å². The lowest BCUT2D eigenvalue weighted by Crippen LogP contribution is -2.12. The molecule has 0 radical (unpaired) electrons. The van der Waals surface area contributed by atoms with E-state index < -0.39 is 0 Å². The molecule has 0 amide bonds. The summed E-state index contributed by atoms with van der Waals surface area (Å²) in [6.45, 7) is 0. The molecule has 0 atom stereocenters. The van der Waals surface area contributed by atoms with Crippen molar-refractivity contribution in [1.82, 2.24) is 4.98 Å². The quantitative estimate of drug-likeness (QED) is 0.781. The zero-order valence-corrected chi connectivity index (χ0v) is 12.5. The number of nitrogens with zero attached hydrogens (tertiary/aromatic N) is 2. The highest BCUT2D eigenvalue weighted by Gasteiger charge is 2.26. The van der Waals surface area contributed by atoms with Crippen LogP contribution in [-0.4, -0.2) is 12.1 Å². The summed E-state index contributed by atoms with van der Waals surface area (Å²) in [5.41, 5.74) is 3.61. The summed E-state index contributed by atoms with van der Waals surface area (Å²) in [7, 11) is 1.65. The van der Waals surface area contributed by atoms with Gasteiger partial charge in [0.2, 0.25) is 0 Å². The van der Waals surface area contributed by atoms with Gasteiger partial charge in [-0.2, -0.15) is 5.26 Å². The summed E-state index contributed by atoms with van der Waals surface area (Å²) in [5.74, 6) is 1.24. The molecule has 3 nitrogen and oxygen atoms in total. The van der Waals surface area contributed by atoms with E-state index in [1.807, 2.05) is 18.2 Å². The largest absolute Gasteiger partial charge is 0.496 e. The van der Waals surface area contributed by atoms with Gasteiger partial charge >= 0.3 is 0 Å². The summed E-state index contributed by atoms with van der Waals surface area (Å²) in [4.78, 5) is 3.99. The van der Waals surface area contributed by atoms with Crippen LogP contribution in [0.1, 0.15) is 36.3 Å². The number of hydrogen-bond donors (Lipinski definition) is 0. The maximum absolute atomic E-state index is 9.49. The number of methoxy groups -OCH3 is 1. The van der Waals surface area contributed by atoms with E-state index in [4.69, 9.17) is 16.3 Å². The highest BCUT2D eigenvalue weighted by Crippen LogP contribution is 2.44. The second-order valence-corrected chi connectivity index (χ2v) is 5.63. The Balaban J connectivity index is 2.13. The van der Waals surface area contributed by atoms with Crippen molar-refractivity contribution in [3.63, 3.8) is 0 Å². The van der Waals surface area contributed by atoms with Gasteiger partial charge in [0.1, 0.15) is 10.9 Å². The molecular weight excluding hydrogens is 284 g/mol. The van der Waals surface area contributed by atoms with E-state index in [0.29, 0.717) is 16.6 Å². The Morgan fingerprint density at radius 2 is 2.10 bits per heavy atom. The van der Waals surface area contributed by atoms with Gasteiger partial charge in [-0.25, -0.2) is 4.98 Å². The molecule has 21 heavy (non-hydrogen) atoms. The van der Waals surface area contributed by atoms with E-state index >= 15 is 0 Å². The Bertz CT molecular complexity index is 717. The Hall–Kier alpha value is -2.05. The van der Waals surface area contributed by atoms with Gasteiger partial charge in [-0.1, -0.05) is 18.0 Å². The third kappa shape index (κ3) is 2.59. The summed E-state index contributed by atoms with van der Waals surface area (Å²) in [6.07, 6.45) is 5.15. The number of ether oxygens (including phenoxy) is 1. The molecule has 1 saturated carbocycles. The average Bonchev–Trinajstić information content (AvgIpc) is 2.45. The number of benzene rings is 1. The van der Waals surface area contributed by atoms with Crippen molar-refractivity contribution in [2.75, 3.05) is 7.11 Å². The first kappa shape index (κ1) is 13.9. The standard InChI is InChI=1S/C17H15ClN2O/c1-21-15-8-13(12-5-6-20-16(18)9-12)7-14(10-19)17(15)11-3-2-4-11/h5-9,11H,2-4H2,1H3. The first-order valence-electron chi connectivity index (χ1n) is 6.97. The SMILES string of the molecule is COc1cc(-c2ccnc(Cl)c2)cc(C#N)c1C1CCC1. The number of pyridine rings is 1. The zero-order chi connectivity index (χ0) is 14.8. The van der Waals surface area contributed by atoms with Crippen molar-refractivity contribution in [1.29, 1.82) is 5.26 Å². The van der Waals surface area contributed by atoms with E-state index in [0.717, 1.165) is 35.3 Å². The van der Waals surface area contributed by atoms with Gasteiger partial charge in [-0.3, -0.25) is 0 Å².